The molecule has 53 heavy (non-hydrogen) atoms. The van der Waals surface area contributed by atoms with Crippen molar-refractivity contribution in [3.63, 3.8) is 0 Å². The fourth-order valence-corrected chi connectivity index (χ4v) is 5.80. The number of carbonyl (C=O) groups excluding carboxylic acids is 2. The average molecular weight is 767 g/mol. The highest BCUT2D eigenvalue weighted by atomic mass is 31.2. The molecule has 0 rings (SSSR count). The number of unbranched alkanes of at least 4 members (excludes halogenated alkanes) is 15. The van der Waals surface area contributed by atoms with Gasteiger partial charge in [0.15, 0.2) is 6.10 Å². The van der Waals surface area contributed by atoms with Crippen molar-refractivity contribution in [3.8, 4) is 0 Å². The number of ether oxygens (including phenoxy) is 2. The molecule has 0 unspecified atom stereocenters. The predicted octanol–water partition coefficient (Wildman–Crippen LogP) is 11.5. The van der Waals surface area contributed by atoms with E-state index in [0.717, 1.165) is 64.2 Å². The van der Waals surface area contributed by atoms with Gasteiger partial charge in [0.05, 0.1) is 12.7 Å². The number of rotatable bonds is 37. The van der Waals surface area contributed by atoms with E-state index in [1.807, 2.05) is 24.3 Å². The smallest absolute Gasteiger partial charge is 0.462 e. The van der Waals surface area contributed by atoms with E-state index in [-0.39, 0.29) is 25.6 Å². The van der Waals surface area contributed by atoms with Crippen LogP contribution in [0.5, 0.6) is 0 Å². The van der Waals surface area contributed by atoms with Crippen LogP contribution in [-0.4, -0.2) is 52.3 Å². The number of carbonyl (C=O) groups is 2. The lowest BCUT2D eigenvalue weighted by Gasteiger charge is -2.18. The first kappa shape index (κ1) is 50.7. The zero-order valence-electron chi connectivity index (χ0n) is 33.3. The predicted molar refractivity (Wildman–Crippen MR) is 217 cm³/mol. The third-order valence-corrected chi connectivity index (χ3v) is 9.06. The fourth-order valence-electron chi connectivity index (χ4n) is 5.44. The lowest BCUT2D eigenvalue weighted by Crippen LogP contribution is -2.29. The number of phosphoric acid groups is 1. The topological polar surface area (TPSA) is 140 Å². The van der Waals surface area contributed by atoms with E-state index in [0.29, 0.717) is 19.3 Å². The highest BCUT2D eigenvalue weighted by molar-refractivity contribution is 7.46. The first-order chi connectivity index (χ1) is 25.7. The molecule has 0 radical (unpaired) electrons. The van der Waals surface area contributed by atoms with Crippen LogP contribution in [0.25, 0.3) is 0 Å². The normalized spacial score (nSPS) is 13.7. The Morgan fingerprint density at radius 3 is 1.62 bits per heavy atom. The molecule has 0 aromatic heterocycles. The van der Waals surface area contributed by atoms with Crippen LogP contribution in [0.15, 0.2) is 60.8 Å². The number of hydrogen-bond donors (Lipinski definition) is 3. The molecule has 0 heterocycles. The molecule has 306 valence electrons. The number of esters is 2. The van der Waals surface area contributed by atoms with E-state index in [1.54, 1.807) is 0 Å². The SMILES string of the molecule is CCCCCCCC/C=C\CCCCCCCCCC(=O)O[C@H](COC(=O)CCC/C=C\C/C=C\C/C=C\C/C=C\[C@@H](O)CCCC)COP(=O)(O)O. The Hall–Kier alpha value is -2.29. The number of aliphatic hydroxyl groups excluding tert-OH is 1. The van der Waals surface area contributed by atoms with Crippen LogP contribution >= 0.6 is 7.82 Å². The Bertz CT molecular complexity index is 1060. The summed E-state index contributed by atoms with van der Waals surface area (Å²) >= 11 is 0. The number of aliphatic hydroxyl groups is 1. The maximum absolute atomic E-state index is 12.4. The summed E-state index contributed by atoms with van der Waals surface area (Å²) in [6.45, 7) is 3.47. The molecule has 0 spiro atoms. The van der Waals surface area contributed by atoms with Gasteiger partial charge in [0, 0.05) is 12.8 Å². The maximum atomic E-state index is 12.4. The molecular formula is C43H75O9P. The zero-order chi connectivity index (χ0) is 39.1. The molecule has 0 aliphatic rings. The molecule has 0 aliphatic carbocycles. The summed E-state index contributed by atoms with van der Waals surface area (Å²) in [5, 5.41) is 9.79. The lowest BCUT2D eigenvalue weighted by molar-refractivity contribution is -0.161. The van der Waals surface area contributed by atoms with Gasteiger partial charge in [-0.1, -0.05) is 152 Å². The minimum absolute atomic E-state index is 0.172. The molecule has 0 amide bonds. The van der Waals surface area contributed by atoms with E-state index >= 15 is 0 Å². The summed E-state index contributed by atoms with van der Waals surface area (Å²) in [4.78, 5) is 42.8. The van der Waals surface area contributed by atoms with Gasteiger partial charge in [-0.25, -0.2) is 4.57 Å². The molecule has 0 aromatic carbocycles. The molecule has 0 aliphatic heterocycles. The van der Waals surface area contributed by atoms with Crippen molar-refractivity contribution >= 4 is 19.8 Å². The Labute approximate surface area is 322 Å². The van der Waals surface area contributed by atoms with Crippen LogP contribution in [0.1, 0.15) is 174 Å². The van der Waals surface area contributed by atoms with E-state index < -0.39 is 32.5 Å². The minimum atomic E-state index is -4.78. The number of phosphoric ester groups is 1. The third-order valence-electron chi connectivity index (χ3n) is 8.58. The Kier molecular flexibility index (Phi) is 36.4. The van der Waals surface area contributed by atoms with Gasteiger partial charge in [-0.05, 0) is 70.6 Å². The van der Waals surface area contributed by atoms with Crippen LogP contribution in [-0.2, 0) is 28.2 Å². The third kappa shape index (κ3) is 40.7. The molecule has 0 saturated heterocycles. The summed E-state index contributed by atoms with van der Waals surface area (Å²) in [5.74, 6) is -0.980. The monoisotopic (exact) mass is 767 g/mol. The first-order valence-corrected chi connectivity index (χ1v) is 22.2. The van der Waals surface area contributed by atoms with Crippen molar-refractivity contribution in [1.29, 1.82) is 0 Å². The van der Waals surface area contributed by atoms with Crippen LogP contribution in [0.3, 0.4) is 0 Å². The molecule has 2 atom stereocenters. The molecule has 0 bridgehead atoms. The van der Waals surface area contributed by atoms with Crippen molar-refractivity contribution in [1.82, 2.24) is 0 Å². The minimum Gasteiger partial charge on any atom is -0.462 e. The summed E-state index contributed by atoms with van der Waals surface area (Å²) in [6.07, 6.45) is 44.2. The van der Waals surface area contributed by atoms with Crippen molar-refractivity contribution in [2.24, 2.45) is 0 Å². The Morgan fingerprint density at radius 2 is 1.04 bits per heavy atom. The van der Waals surface area contributed by atoms with E-state index in [1.165, 1.54) is 64.2 Å². The van der Waals surface area contributed by atoms with Gasteiger partial charge in [-0.2, -0.15) is 0 Å². The van der Waals surface area contributed by atoms with E-state index in [2.05, 4.69) is 54.8 Å². The fraction of sp³-hybridized carbons (Fsp3) is 0.721. The number of allylic oxidation sites excluding steroid dienone is 9. The first-order valence-electron chi connectivity index (χ1n) is 20.7. The molecule has 3 N–H and O–H groups in total. The van der Waals surface area contributed by atoms with E-state index in [9.17, 15) is 19.3 Å². The Morgan fingerprint density at radius 1 is 0.566 bits per heavy atom. The second kappa shape index (κ2) is 38.0. The Balaban J connectivity index is 4.06. The van der Waals surface area contributed by atoms with Gasteiger partial charge < -0.3 is 24.4 Å². The summed E-state index contributed by atoms with van der Waals surface area (Å²) < 4.78 is 26.3. The zero-order valence-corrected chi connectivity index (χ0v) is 34.2. The van der Waals surface area contributed by atoms with Gasteiger partial charge in [-0.15, -0.1) is 0 Å². The molecule has 10 heteroatoms. The molecular weight excluding hydrogens is 691 g/mol. The average Bonchev–Trinajstić information content (AvgIpc) is 3.12. The molecule has 0 saturated carbocycles. The van der Waals surface area contributed by atoms with Crippen LogP contribution < -0.4 is 0 Å². The van der Waals surface area contributed by atoms with Crippen molar-refractivity contribution in [3.05, 3.63) is 60.8 Å². The second-order valence-corrected chi connectivity index (χ2v) is 15.0. The van der Waals surface area contributed by atoms with Crippen molar-refractivity contribution in [2.45, 2.75) is 187 Å². The lowest BCUT2D eigenvalue weighted by atomic mass is 10.1. The number of hydrogen-bond acceptors (Lipinski definition) is 7. The molecule has 0 aromatic rings. The quantitative estimate of drug-likeness (QED) is 0.0244. The van der Waals surface area contributed by atoms with Gasteiger partial charge in [0.1, 0.15) is 6.61 Å². The van der Waals surface area contributed by atoms with Crippen LogP contribution in [0.2, 0.25) is 0 Å². The van der Waals surface area contributed by atoms with Crippen molar-refractivity contribution < 1.29 is 43.0 Å². The highest BCUT2D eigenvalue weighted by Crippen LogP contribution is 2.36. The summed E-state index contributed by atoms with van der Waals surface area (Å²) in [7, 11) is -4.78. The van der Waals surface area contributed by atoms with Crippen LogP contribution in [0, 0.1) is 0 Å². The highest BCUT2D eigenvalue weighted by Gasteiger charge is 2.22. The van der Waals surface area contributed by atoms with Gasteiger partial charge in [0.25, 0.3) is 0 Å². The summed E-state index contributed by atoms with van der Waals surface area (Å²) in [5.41, 5.74) is 0. The van der Waals surface area contributed by atoms with Gasteiger partial charge >= 0.3 is 19.8 Å². The summed E-state index contributed by atoms with van der Waals surface area (Å²) in [6, 6.07) is 0. The molecule has 0 fully saturated rings. The second-order valence-electron chi connectivity index (χ2n) is 13.8. The van der Waals surface area contributed by atoms with Crippen LogP contribution in [0.4, 0.5) is 0 Å². The standard InChI is InChI=1S/C43H75O9P/c1-3-5-7-8-9-10-11-12-13-14-15-16-21-24-27-30-33-37-43(46)52-41(39-51-53(47,48)49)38-50-42(45)36-32-29-26-23-20-18-17-19-22-25-28-31-35-40(44)34-6-4-2/h12-13,17-18,22-23,25-26,31,35,40-41,44H,3-11,14-16,19-21,24,27-30,32-34,36-39H2,1-2H3,(H2,47,48,49)/b13-12-,18-17-,25-22-,26-23-,35-31-/t40-,41+/m0/s1. The van der Waals surface area contributed by atoms with E-state index in [4.69, 9.17) is 19.3 Å². The molecule has 9 nitrogen and oxygen atoms in total. The largest absolute Gasteiger partial charge is 0.469 e. The van der Waals surface area contributed by atoms with Gasteiger partial charge in [0.2, 0.25) is 0 Å². The van der Waals surface area contributed by atoms with Crippen molar-refractivity contribution in [2.75, 3.05) is 13.2 Å². The maximum Gasteiger partial charge on any atom is 0.469 e. The van der Waals surface area contributed by atoms with Gasteiger partial charge in [-0.3, -0.25) is 14.1 Å².